The first-order chi connectivity index (χ1) is 19.7. The van der Waals surface area contributed by atoms with Crippen LogP contribution in [0.15, 0.2) is 47.7 Å². The second kappa shape index (κ2) is 12.5. The molecule has 226 valence electrons. The number of hydrogen-bond acceptors (Lipinski definition) is 8. The maximum Gasteiger partial charge on any atom is 0.408 e. The Hall–Kier alpha value is -4.00. The largest absolute Gasteiger partial charge is 0.489 e. The molecule has 1 saturated heterocycles. The lowest BCUT2D eigenvalue weighted by Crippen LogP contribution is -2.42. The predicted molar refractivity (Wildman–Crippen MR) is 151 cm³/mol. The molecule has 3 heterocycles. The highest BCUT2D eigenvalue weighted by atomic mass is 19.4. The lowest BCUT2D eigenvalue weighted by molar-refractivity contribution is -0.183. The van der Waals surface area contributed by atoms with Crippen LogP contribution in [0.4, 0.5) is 28.2 Å². The molecule has 4 rings (SSSR count). The quantitative estimate of drug-likeness (QED) is 0.183. The van der Waals surface area contributed by atoms with Crippen LogP contribution in [0.3, 0.4) is 0 Å². The van der Waals surface area contributed by atoms with Crippen molar-refractivity contribution in [3.8, 4) is 5.75 Å². The maximum atomic E-state index is 14.1. The molecule has 0 radical (unpaired) electrons. The highest BCUT2D eigenvalue weighted by Gasteiger charge is 2.47. The van der Waals surface area contributed by atoms with E-state index in [9.17, 15) is 22.4 Å². The number of amides is 1. The van der Waals surface area contributed by atoms with Crippen molar-refractivity contribution in [3.05, 3.63) is 59.7 Å². The summed E-state index contributed by atoms with van der Waals surface area (Å²) in [5, 5.41) is 7.31. The molecule has 2 atom stereocenters. The topological polar surface area (TPSA) is 101 Å². The molecule has 0 bridgehead atoms. The van der Waals surface area contributed by atoms with Gasteiger partial charge in [-0.1, -0.05) is 12.1 Å². The summed E-state index contributed by atoms with van der Waals surface area (Å²) in [4.78, 5) is 21.9. The molecule has 2 N–H and O–H groups in total. The fraction of sp³-hybridized carbons (Fsp3) is 0.448. The molecule has 0 unspecified atom stereocenters. The lowest BCUT2D eigenvalue weighted by Gasteiger charge is -2.30. The fourth-order valence-electron chi connectivity index (χ4n) is 4.62. The SMILES string of the molecule is CC(C)Oc1cc(F)cc2ccc(/C=N\Nc3ccc([C@@H](N4CC[C@H](NC(=O)OC(C)(C)C)C4)C(F)(F)F)cn3)nc12. The van der Waals surface area contributed by atoms with E-state index in [1.807, 2.05) is 13.8 Å². The van der Waals surface area contributed by atoms with Crippen LogP contribution in [-0.2, 0) is 4.74 Å². The van der Waals surface area contributed by atoms with Gasteiger partial charge in [-0.15, -0.1) is 0 Å². The van der Waals surface area contributed by atoms with E-state index >= 15 is 0 Å². The van der Waals surface area contributed by atoms with Gasteiger partial charge in [-0.3, -0.25) is 10.3 Å². The third-order valence-electron chi connectivity index (χ3n) is 6.20. The van der Waals surface area contributed by atoms with Crippen molar-refractivity contribution >= 4 is 29.0 Å². The van der Waals surface area contributed by atoms with Crippen LogP contribution < -0.4 is 15.5 Å². The Morgan fingerprint density at radius 1 is 1.17 bits per heavy atom. The summed E-state index contributed by atoms with van der Waals surface area (Å²) in [5.74, 6) is 0.102. The van der Waals surface area contributed by atoms with Gasteiger partial charge in [-0.05, 0) is 64.8 Å². The molecule has 1 aliphatic heterocycles. The third kappa shape index (κ3) is 8.28. The van der Waals surface area contributed by atoms with E-state index in [1.54, 1.807) is 32.9 Å². The monoisotopic (exact) mass is 590 g/mol. The zero-order valence-corrected chi connectivity index (χ0v) is 24.0. The zero-order chi connectivity index (χ0) is 30.7. The predicted octanol–water partition coefficient (Wildman–Crippen LogP) is 6.20. The molecule has 0 saturated carbocycles. The van der Waals surface area contributed by atoms with E-state index in [-0.39, 0.29) is 30.6 Å². The van der Waals surface area contributed by atoms with Crippen LogP contribution in [0.5, 0.6) is 5.75 Å². The average Bonchev–Trinajstić information content (AvgIpc) is 3.30. The number of rotatable bonds is 8. The standard InChI is InChI=1S/C29H34F4N6O3/c1-17(2)41-23-13-20(30)12-18-6-8-21(36-25(18)23)15-35-38-24-9-7-19(14-34-24)26(29(31,32)33)39-11-10-22(16-39)37-27(40)42-28(3,4)5/h6-9,12-15,17,22,26H,10-11,16H2,1-5H3,(H,34,38)(H,37,40)/b35-15-/t22-,26+/m0/s1. The number of nitrogens with zero attached hydrogens (tertiary/aromatic N) is 4. The molecular weight excluding hydrogens is 556 g/mol. The summed E-state index contributed by atoms with van der Waals surface area (Å²) < 4.78 is 67.3. The number of alkyl halides is 3. The Kier molecular flexibility index (Phi) is 9.19. The van der Waals surface area contributed by atoms with Crippen molar-refractivity contribution in [2.75, 3.05) is 18.5 Å². The van der Waals surface area contributed by atoms with Crippen LogP contribution in [0.1, 0.15) is 58.3 Å². The molecule has 0 spiro atoms. The van der Waals surface area contributed by atoms with E-state index in [0.29, 0.717) is 28.8 Å². The minimum absolute atomic E-state index is 0.0169. The molecule has 1 amide bonds. The summed E-state index contributed by atoms with van der Waals surface area (Å²) in [7, 11) is 0. The number of ether oxygens (including phenoxy) is 2. The van der Waals surface area contributed by atoms with E-state index < -0.39 is 35.8 Å². The molecule has 42 heavy (non-hydrogen) atoms. The summed E-state index contributed by atoms with van der Waals surface area (Å²) in [6, 6.07) is 6.36. The number of pyridine rings is 2. The number of aromatic nitrogens is 2. The minimum Gasteiger partial charge on any atom is -0.489 e. The average molecular weight is 591 g/mol. The van der Waals surface area contributed by atoms with E-state index in [4.69, 9.17) is 9.47 Å². The first-order valence-corrected chi connectivity index (χ1v) is 13.5. The van der Waals surface area contributed by atoms with Crippen LogP contribution in [-0.4, -0.2) is 64.2 Å². The van der Waals surface area contributed by atoms with Gasteiger partial charge in [0, 0.05) is 36.8 Å². The number of carbonyl (C=O) groups excluding carboxylic acids is 1. The number of fused-ring (bicyclic) bond motifs is 1. The molecule has 1 aromatic carbocycles. The van der Waals surface area contributed by atoms with E-state index in [1.165, 1.54) is 35.4 Å². The number of hydrazone groups is 1. The Balaban J connectivity index is 1.42. The van der Waals surface area contributed by atoms with Gasteiger partial charge in [-0.2, -0.15) is 18.3 Å². The molecule has 2 aromatic heterocycles. The van der Waals surface area contributed by atoms with E-state index in [0.717, 1.165) is 6.20 Å². The van der Waals surface area contributed by atoms with Crippen LogP contribution >= 0.6 is 0 Å². The second-order valence-corrected chi connectivity index (χ2v) is 11.3. The van der Waals surface area contributed by atoms with Crippen molar-refractivity contribution in [2.45, 2.75) is 71.0 Å². The van der Waals surface area contributed by atoms with Gasteiger partial charge in [0.25, 0.3) is 0 Å². The number of halogens is 4. The van der Waals surface area contributed by atoms with Crippen molar-refractivity contribution in [1.82, 2.24) is 20.2 Å². The molecular formula is C29H34F4N6O3. The van der Waals surface area contributed by atoms with Gasteiger partial charge in [0.15, 0.2) is 0 Å². The van der Waals surface area contributed by atoms with Crippen molar-refractivity contribution in [3.63, 3.8) is 0 Å². The van der Waals surface area contributed by atoms with Gasteiger partial charge in [0.05, 0.1) is 18.0 Å². The smallest absolute Gasteiger partial charge is 0.408 e. The van der Waals surface area contributed by atoms with Crippen molar-refractivity contribution in [2.24, 2.45) is 5.10 Å². The van der Waals surface area contributed by atoms with E-state index in [2.05, 4.69) is 25.8 Å². The molecule has 0 aliphatic carbocycles. The normalized spacial score (nSPS) is 17.1. The van der Waals surface area contributed by atoms with Gasteiger partial charge in [0.2, 0.25) is 0 Å². The summed E-state index contributed by atoms with van der Waals surface area (Å²) in [6.45, 7) is 8.96. The van der Waals surface area contributed by atoms with Crippen LogP contribution in [0.2, 0.25) is 0 Å². The molecule has 3 aromatic rings. The molecule has 1 fully saturated rings. The van der Waals surface area contributed by atoms with Gasteiger partial charge < -0.3 is 14.8 Å². The summed E-state index contributed by atoms with van der Waals surface area (Å²) >= 11 is 0. The molecule has 1 aliphatic rings. The Labute approximate surface area is 241 Å². The number of anilines is 1. The maximum absolute atomic E-state index is 14.1. The van der Waals surface area contributed by atoms with Crippen LogP contribution in [0.25, 0.3) is 10.9 Å². The highest BCUT2D eigenvalue weighted by molar-refractivity contribution is 5.89. The zero-order valence-electron chi connectivity index (χ0n) is 24.0. The number of benzene rings is 1. The number of nitrogens with one attached hydrogen (secondary N) is 2. The molecule has 13 heteroatoms. The summed E-state index contributed by atoms with van der Waals surface area (Å²) in [5.41, 5.74) is 2.87. The Bertz CT molecular complexity index is 1420. The van der Waals surface area contributed by atoms with Gasteiger partial charge >= 0.3 is 12.3 Å². The van der Waals surface area contributed by atoms with Crippen molar-refractivity contribution < 1.29 is 31.8 Å². The number of hydrogen-bond donors (Lipinski definition) is 2. The number of alkyl carbamates (subject to hydrolysis) is 1. The Morgan fingerprint density at radius 2 is 1.93 bits per heavy atom. The highest BCUT2D eigenvalue weighted by Crippen LogP contribution is 2.39. The fourth-order valence-corrected chi connectivity index (χ4v) is 4.62. The third-order valence-corrected chi connectivity index (χ3v) is 6.20. The van der Waals surface area contributed by atoms with Crippen molar-refractivity contribution in [1.29, 1.82) is 0 Å². The minimum atomic E-state index is -4.56. The number of carbonyl (C=O) groups is 1. The Morgan fingerprint density at radius 3 is 2.57 bits per heavy atom. The lowest BCUT2D eigenvalue weighted by atomic mass is 10.1. The number of likely N-dealkylation sites (tertiary alicyclic amines) is 1. The van der Waals surface area contributed by atoms with Gasteiger partial charge in [0.1, 0.15) is 34.5 Å². The summed E-state index contributed by atoms with van der Waals surface area (Å²) in [6.07, 6.45) is -2.47. The van der Waals surface area contributed by atoms with Gasteiger partial charge in [-0.25, -0.2) is 19.2 Å². The first-order valence-electron chi connectivity index (χ1n) is 13.5. The second-order valence-electron chi connectivity index (χ2n) is 11.3. The molecule has 9 nitrogen and oxygen atoms in total. The van der Waals surface area contributed by atoms with Crippen LogP contribution in [0, 0.1) is 5.82 Å². The first kappa shape index (κ1) is 30.9.